The maximum absolute atomic E-state index is 9.82. The Bertz CT molecular complexity index is 1310. The minimum atomic E-state index is 0.237. The van der Waals surface area contributed by atoms with Crippen LogP contribution in [0.15, 0.2) is 70.7 Å². The van der Waals surface area contributed by atoms with Crippen LogP contribution in [0.2, 0.25) is 0 Å². The van der Waals surface area contributed by atoms with Crippen molar-refractivity contribution in [3.63, 3.8) is 0 Å². The molecule has 0 spiro atoms. The first-order chi connectivity index (χ1) is 17.7. The van der Waals surface area contributed by atoms with Gasteiger partial charge in [0.2, 0.25) is 0 Å². The van der Waals surface area contributed by atoms with Gasteiger partial charge >= 0.3 is 6.01 Å². The lowest BCUT2D eigenvalue weighted by Crippen LogP contribution is -2.45. The molecule has 0 radical (unpaired) electrons. The number of fused-ring (bicyclic) bond motifs is 1. The molecule has 0 aliphatic carbocycles. The summed E-state index contributed by atoms with van der Waals surface area (Å²) in [5.41, 5.74) is 4.24. The average Bonchev–Trinajstić information content (AvgIpc) is 3.34. The lowest BCUT2D eigenvalue weighted by molar-refractivity contribution is 0.138. The first-order valence-corrected chi connectivity index (χ1v) is 12.6. The standard InChI is InChI=1S/C27H25N7OS/c28-10-12-33-13-15-34(16-14-33)18-20-5-7-21(8-6-20)19-35-27-30-11-9-23(32-27)22(17-29)26-31-24-3-1-2-4-25(24)36-26/h1-9,11,31H,12-16,18-19H2. The lowest BCUT2D eigenvalue weighted by atomic mass is 10.1. The minimum absolute atomic E-state index is 0.237. The van der Waals surface area contributed by atoms with Gasteiger partial charge in [-0.3, -0.25) is 9.80 Å². The van der Waals surface area contributed by atoms with E-state index in [1.807, 2.05) is 24.3 Å². The van der Waals surface area contributed by atoms with Crippen molar-refractivity contribution in [3.05, 3.63) is 82.6 Å². The molecule has 9 heteroatoms. The summed E-state index contributed by atoms with van der Waals surface area (Å²) in [5.74, 6) is 0. The number of ether oxygens (including phenoxy) is 1. The number of nitrogens with zero attached hydrogens (tertiary/aromatic N) is 6. The molecule has 2 aromatic carbocycles. The van der Waals surface area contributed by atoms with E-state index in [9.17, 15) is 5.26 Å². The second-order valence-corrected chi connectivity index (χ2v) is 9.63. The lowest BCUT2D eigenvalue weighted by Gasteiger charge is -2.33. The third-order valence-electron chi connectivity index (χ3n) is 6.13. The van der Waals surface area contributed by atoms with E-state index in [4.69, 9.17) is 10.00 Å². The second-order valence-electron chi connectivity index (χ2n) is 8.58. The highest BCUT2D eigenvalue weighted by Gasteiger charge is 2.21. The summed E-state index contributed by atoms with van der Waals surface area (Å²) in [7, 11) is 0. The molecule has 3 aromatic rings. The Kier molecular flexibility index (Phi) is 7.44. The maximum atomic E-state index is 9.82. The van der Waals surface area contributed by atoms with E-state index in [-0.39, 0.29) is 6.01 Å². The van der Waals surface area contributed by atoms with E-state index in [0.29, 0.717) is 24.4 Å². The van der Waals surface area contributed by atoms with Crippen molar-refractivity contribution < 1.29 is 4.74 Å². The molecule has 1 N–H and O–H groups in total. The molecule has 0 amide bonds. The number of thioether (sulfide) groups is 1. The van der Waals surface area contributed by atoms with Crippen molar-refractivity contribution in [3.8, 4) is 18.1 Å². The second kappa shape index (κ2) is 11.2. The highest BCUT2D eigenvalue weighted by molar-refractivity contribution is 8.04. The topological polar surface area (TPSA) is 101 Å². The van der Waals surface area contributed by atoms with Crippen molar-refractivity contribution in [2.24, 2.45) is 0 Å². The van der Waals surface area contributed by atoms with Gasteiger partial charge < -0.3 is 10.1 Å². The number of hydrogen-bond donors (Lipinski definition) is 1. The third-order valence-corrected chi connectivity index (χ3v) is 7.22. The van der Waals surface area contributed by atoms with Crippen LogP contribution in [-0.4, -0.2) is 52.5 Å². The Balaban J connectivity index is 1.18. The van der Waals surface area contributed by atoms with Crippen LogP contribution in [0.1, 0.15) is 16.8 Å². The molecule has 0 bridgehead atoms. The first-order valence-electron chi connectivity index (χ1n) is 11.8. The quantitative estimate of drug-likeness (QED) is 0.383. The molecule has 0 saturated carbocycles. The fraction of sp³-hybridized carbons (Fsp3) is 0.259. The Morgan fingerprint density at radius 3 is 2.47 bits per heavy atom. The summed E-state index contributed by atoms with van der Waals surface area (Å²) in [4.78, 5) is 14.4. The van der Waals surface area contributed by atoms with Crippen LogP contribution >= 0.6 is 11.8 Å². The molecular weight excluding hydrogens is 470 g/mol. The van der Waals surface area contributed by atoms with E-state index in [0.717, 1.165) is 53.9 Å². The molecule has 180 valence electrons. The van der Waals surface area contributed by atoms with Crippen molar-refractivity contribution in [1.82, 2.24) is 19.8 Å². The number of nitrogens with one attached hydrogen (secondary N) is 1. The van der Waals surface area contributed by atoms with Gasteiger partial charge in [0.05, 0.1) is 29.0 Å². The van der Waals surface area contributed by atoms with E-state index in [1.54, 1.807) is 12.3 Å². The van der Waals surface area contributed by atoms with Crippen LogP contribution < -0.4 is 10.1 Å². The van der Waals surface area contributed by atoms with Crippen molar-refractivity contribution >= 4 is 23.0 Å². The molecular formula is C27H25N7OS. The van der Waals surface area contributed by atoms with Gasteiger partial charge in [-0.2, -0.15) is 15.5 Å². The van der Waals surface area contributed by atoms with E-state index in [1.165, 1.54) is 17.3 Å². The molecule has 2 aliphatic heterocycles. The van der Waals surface area contributed by atoms with Crippen molar-refractivity contribution in [2.45, 2.75) is 18.0 Å². The van der Waals surface area contributed by atoms with Gasteiger partial charge in [-0.25, -0.2) is 4.98 Å². The summed E-state index contributed by atoms with van der Waals surface area (Å²) < 4.78 is 5.85. The Hall–Kier alpha value is -3.89. The summed E-state index contributed by atoms with van der Waals surface area (Å²) in [6.45, 7) is 5.56. The van der Waals surface area contributed by atoms with Crippen LogP contribution in [-0.2, 0) is 13.2 Å². The molecule has 0 atom stereocenters. The van der Waals surface area contributed by atoms with Crippen molar-refractivity contribution in [2.75, 3.05) is 38.0 Å². The number of para-hydroxylation sites is 1. The Labute approximate surface area is 214 Å². The van der Waals surface area contributed by atoms with Crippen LogP contribution in [0.3, 0.4) is 0 Å². The number of allylic oxidation sites excluding steroid dienone is 1. The fourth-order valence-electron chi connectivity index (χ4n) is 4.16. The Morgan fingerprint density at radius 2 is 1.72 bits per heavy atom. The van der Waals surface area contributed by atoms with E-state index < -0.39 is 0 Å². The monoisotopic (exact) mass is 495 g/mol. The van der Waals surface area contributed by atoms with Crippen LogP contribution in [0.5, 0.6) is 6.01 Å². The third kappa shape index (κ3) is 5.67. The molecule has 5 rings (SSSR count). The largest absolute Gasteiger partial charge is 0.459 e. The van der Waals surface area contributed by atoms with Gasteiger partial charge in [0.1, 0.15) is 18.2 Å². The summed E-state index contributed by atoms with van der Waals surface area (Å²) in [6.07, 6.45) is 1.61. The summed E-state index contributed by atoms with van der Waals surface area (Å²) in [6, 6.07) is 22.8. The number of aromatic nitrogens is 2. The molecule has 3 heterocycles. The van der Waals surface area contributed by atoms with Crippen LogP contribution in [0, 0.1) is 22.7 Å². The molecule has 1 fully saturated rings. The number of benzene rings is 2. The van der Waals surface area contributed by atoms with Gasteiger partial charge in [-0.05, 0) is 29.3 Å². The van der Waals surface area contributed by atoms with Gasteiger partial charge in [0, 0.05) is 43.8 Å². The molecule has 1 aromatic heterocycles. The van der Waals surface area contributed by atoms with Crippen LogP contribution in [0.4, 0.5) is 5.69 Å². The molecule has 0 unspecified atom stereocenters. The zero-order valence-corrected chi connectivity index (χ0v) is 20.5. The number of piperazine rings is 1. The van der Waals surface area contributed by atoms with Gasteiger partial charge in [0.15, 0.2) is 0 Å². The molecule has 36 heavy (non-hydrogen) atoms. The first kappa shape index (κ1) is 23.8. The smallest absolute Gasteiger partial charge is 0.317 e. The number of nitriles is 2. The zero-order valence-electron chi connectivity index (χ0n) is 19.7. The maximum Gasteiger partial charge on any atom is 0.317 e. The molecule has 8 nitrogen and oxygen atoms in total. The molecule has 1 saturated heterocycles. The number of rotatable bonds is 7. The molecule has 2 aliphatic rings. The highest BCUT2D eigenvalue weighted by Crippen LogP contribution is 2.43. The highest BCUT2D eigenvalue weighted by atomic mass is 32.2. The van der Waals surface area contributed by atoms with E-state index >= 15 is 0 Å². The summed E-state index contributed by atoms with van der Waals surface area (Å²) in [5, 5.41) is 22.7. The SMILES string of the molecule is N#CCN1CCN(Cc2ccc(COc3nccc(C(C#N)=C4Nc5ccccc5S4)n3)cc2)CC1. The number of hydrogen-bond acceptors (Lipinski definition) is 9. The average molecular weight is 496 g/mol. The van der Waals surface area contributed by atoms with Crippen molar-refractivity contribution in [1.29, 1.82) is 10.5 Å². The Morgan fingerprint density at radius 1 is 0.972 bits per heavy atom. The summed E-state index contributed by atoms with van der Waals surface area (Å²) >= 11 is 1.52. The van der Waals surface area contributed by atoms with Gasteiger partial charge in [0.25, 0.3) is 0 Å². The fourth-order valence-corrected chi connectivity index (χ4v) is 5.17. The predicted molar refractivity (Wildman–Crippen MR) is 139 cm³/mol. The normalized spacial score (nSPS) is 16.9. The minimum Gasteiger partial charge on any atom is -0.459 e. The van der Waals surface area contributed by atoms with E-state index in [2.05, 4.69) is 61.5 Å². The van der Waals surface area contributed by atoms with Gasteiger partial charge in [-0.15, -0.1) is 0 Å². The van der Waals surface area contributed by atoms with Crippen LogP contribution in [0.25, 0.3) is 5.57 Å². The predicted octanol–water partition coefficient (Wildman–Crippen LogP) is 4.11. The zero-order chi connectivity index (χ0) is 24.7. The number of anilines is 1. The van der Waals surface area contributed by atoms with Gasteiger partial charge in [-0.1, -0.05) is 48.2 Å².